The SMILES string of the molecule is COC(=O)C(NC(=O)[C@H]1CN(C)C[C@@]12CCc1ccccc1C2=O)C(C)C. The molecule has 1 fully saturated rings. The molecule has 1 spiro atoms. The average molecular weight is 372 g/mol. The Hall–Kier alpha value is -2.21. The van der Waals surface area contributed by atoms with Gasteiger partial charge in [-0.15, -0.1) is 0 Å². The number of likely N-dealkylation sites (tertiary alicyclic amines) is 1. The number of aryl methyl sites for hydroxylation is 1. The number of rotatable bonds is 4. The third-order valence-electron chi connectivity index (χ3n) is 6.00. The molecule has 0 radical (unpaired) electrons. The van der Waals surface area contributed by atoms with Gasteiger partial charge < -0.3 is 15.0 Å². The van der Waals surface area contributed by atoms with Gasteiger partial charge in [0.1, 0.15) is 6.04 Å². The number of hydrogen-bond donors (Lipinski definition) is 1. The van der Waals surface area contributed by atoms with Gasteiger partial charge >= 0.3 is 5.97 Å². The first kappa shape index (κ1) is 19.5. The molecule has 1 amide bonds. The number of nitrogens with zero attached hydrogens (tertiary/aromatic N) is 1. The highest BCUT2D eigenvalue weighted by Crippen LogP contribution is 2.46. The Labute approximate surface area is 160 Å². The summed E-state index contributed by atoms with van der Waals surface area (Å²) in [5.74, 6) is -1.23. The zero-order valence-corrected chi connectivity index (χ0v) is 16.5. The fourth-order valence-electron chi connectivity index (χ4n) is 4.54. The quantitative estimate of drug-likeness (QED) is 0.814. The predicted molar refractivity (Wildman–Crippen MR) is 101 cm³/mol. The Balaban J connectivity index is 1.90. The highest BCUT2D eigenvalue weighted by atomic mass is 16.5. The van der Waals surface area contributed by atoms with Crippen LogP contribution in [0.2, 0.25) is 0 Å². The fourth-order valence-corrected chi connectivity index (χ4v) is 4.54. The Bertz CT molecular complexity index is 760. The molecule has 27 heavy (non-hydrogen) atoms. The van der Waals surface area contributed by atoms with Gasteiger partial charge in [0, 0.05) is 18.7 Å². The van der Waals surface area contributed by atoms with Gasteiger partial charge in [-0.05, 0) is 31.4 Å². The number of nitrogens with one attached hydrogen (secondary N) is 1. The Morgan fingerprint density at radius 1 is 1.30 bits per heavy atom. The summed E-state index contributed by atoms with van der Waals surface area (Å²) < 4.78 is 4.83. The topological polar surface area (TPSA) is 75.7 Å². The third-order valence-corrected chi connectivity index (χ3v) is 6.00. The molecule has 6 nitrogen and oxygen atoms in total. The minimum absolute atomic E-state index is 0.0491. The van der Waals surface area contributed by atoms with Crippen LogP contribution >= 0.6 is 0 Å². The van der Waals surface area contributed by atoms with Crippen LogP contribution in [0.25, 0.3) is 0 Å². The number of carbonyl (C=O) groups is 3. The van der Waals surface area contributed by atoms with Gasteiger partial charge in [-0.2, -0.15) is 0 Å². The maximum Gasteiger partial charge on any atom is 0.328 e. The van der Waals surface area contributed by atoms with Crippen molar-refractivity contribution in [1.82, 2.24) is 10.2 Å². The molecule has 0 bridgehead atoms. The lowest BCUT2D eigenvalue weighted by molar-refractivity contribution is -0.147. The molecule has 1 aliphatic heterocycles. The number of fused-ring (bicyclic) bond motifs is 1. The third kappa shape index (κ3) is 3.38. The first-order chi connectivity index (χ1) is 12.8. The molecule has 1 aromatic rings. The van der Waals surface area contributed by atoms with Gasteiger partial charge in [0.15, 0.2) is 5.78 Å². The van der Waals surface area contributed by atoms with Crippen molar-refractivity contribution in [3.8, 4) is 0 Å². The van der Waals surface area contributed by atoms with Crippen molar-refractivity contribution in [2.45, 2.75) is 32.7 Å². The number of amides is 1. The van der Waals surface area contributed by atoms with Gasteiger partial charge in [-0.25, -0.2) is 4.79 Å². The maximum atomic E-state index is 13.4. The lowest BCUT2D eigenvalue weighted by Gasteiger charge is -2.37. The number of methoxy groups -OCH3 is 1. The highest BCUT2D eigenvalue weighted by molar-refractivity contribution is 6.06. The Morgan fingerprint density at radius 2 is 2.00 bits per heavy atom. The minimum atomic E-state index is -0.731. The van der Waals surface area contributed by atoms with Crippen LogP contribution < -0.4 is 5.32 Å². The van der Waals surface area contributed by atoms with E-state index in [0.29, 0.717) is 19.5 Å². The van der Waals surface area contributed by atoms with Crippen molar-refractivity contribution in [3.05, 3.63) is 35.4 Å². The number of carbonyl (C=O) groups excluding carboxylic acids is 3. The van der Waals surface area contributed by atoms with Gasteiger partial charge in [0.25, 0.3) is 0 Å². The van der Waals surface area contributed by atoms with Crippen molar-refractivity contribution < 1.29 is 19.1 Å². The number of esters is 1. The molecule has 1 unspecified atom stereocenters. The molecule has 0 saturated carbocycles. The minimum Gasteiger partial charge on any atom is -0.467 e. The lowest BCUT2D eigenvalue weighted by atomic mass is 9.64. The summed E-state index contributed by atoms with van der Waals surface area (Å²) in [6, 6.07) is 6.95. The van der Waals surface area contributed by atoms with Crippen LogP contribution in [-0.4, -0.2) is 55.8 Å². The molecule has 1 heterocycles. The molecule has 2 aliphatic rings. The van der Waals surface area contributed by atoms with E-state index in [1.165, 1.54) is 7.11 Å². The summed E-state index contributed by atoms with van der Waals surface area (Å²) >= 11 is 0. The maximum absolute atomic E-state index is 13.4. The van der Waals surface area contributed by atoms with Crippen molar-refractivity contribution in [2.75, 3.05) is 27.2 Å². The van der Waals surface area contributed by atoms with Crippen LogP contribution in [0, 0.1) is 17.3 Å². The smallest absolute Gasteiger partial charge is 0.328 e. The second-order valence-corrected chi connectivity index (χ2v) is 8.15. The molecule has 1 saturated heterocycles. The molecular weight excluding hydrogens is 344 g/mol. The van der Waals surface area contributed by atoms with Crippen molar-refractivity contribution in [1.29, 1.82) is 0 Å². The summed E-state index contributed by atoms with van der Waals surface area (Å²) in [5, 5.41) is 2.85. The summed E-state index contributed by atoms with van der Waals surface area (Å²) in [5.41, 5.74) is 1.05. The van der Waals surface area contributed by atoms with Gasteiger partial charge in [0.2, 0.25) is 5.91 Å². The van der Waals surface area contributed by atoms with Crippen LogP contribution in [0.1, 0.15) is 36.2 Å². The zero-order chi connectivity index (χ0) is 19.8. The summed E-state index contributed by atoms with van der Waals surface area (Å²) in [6.45, 7) is 4.79. The standard InChI is InChI=1S/C21H28N2O4/c1-13(2)17(20(26)27-4)22-19(25)16-11-23(3)12-21(16)10-9-14-7-5-6-8-15(14)18(21)24/h5-8,13,16-17H,9-12H2,1-4H3,(H,22,25)/t16-,17?,21+/m1/s1. The van der Waals surface area contributed by atoms with Gasteiger partial charge in [0.05, 0.1) is 18.4 Å². The van der Waals surface area contributed by atoms with Crippen LogP contribution in [0.3, 0.4) is 0 Å². The van der Waals surface area contributed by atoms with E-state index >= 15 is 0 Å². The molecule has 1 N–H and O–H groups in total. The van der Waals surface area contributed by atoms with Gasteiger partial charge in [-0.1, -0.05) is 38.1 Å². The van der Waals surface area contributed by atoms with Crippen LogP contribution in [-0.2, 0) is 20.7 Å². The highest BCUT2D eigenvalue weighted by Gasteiger charge is 2.55. The first-order valence-electron chi connectivity index (χ1n) is 9.49. The van der Waals surface area contributed by atoms with Crippen molar-refractivity contribution in [2.24, 2.45) is 17.3 Å². The molecule has 1 aromatic carbocycles. The molecule has 146 valence electrons. The second kappa shape index (κ2) is 7.43. The van der Waals surface area contributed by atoms with Crippen molar-refractivity contribution in [3.63, 3.8) is 0 Å². The van der Waals surface area contributed by atoms with Crippen molar-refractivity contribution >= 4 is 17.7 Å². The molecule has 6 heteroatoms. The van der Waals surface area contributed by atoms with E-state index in [4.69, 9.17) is 4.74 Å². The van der Waals surface area contributed by atoms with E-state index in [1.807, 2.05) is 50.1 Å². The largest absolute Gasteiger partial charge is 0.467 e. The Morgan fingerprint density at radius 3 is 2.67 bits per heavy atom. The van der Waals surface area contributed by atoms with Gasteiger partial charge in [-0.3, -0.25) is 9.59 Å². The number of Topliss-reactive ketones (excluding diaryl/α,β-unsaturated/α-hetero) is 1. The summed E-state index contributed by atoms with van der Waals surface area (Å²) in [7, 11) is 3.25. The van der Waals surface area contributed by atoms with E-state index in [2.05, 4.69) is 5.32 Å². The molecule has 3 rings (SSSR count). The van der Waals surface area contributed by atoms with E-state index in [9.17, 15) is 14.4 Å². The molecule has 1 aliphatic carbocycles. The molecule has 3 atom stereocenters. The van der Waals surface area contributed by atoms with Crippen LogP contribution in [0.15, 0.2) is 24.3 Å². The van der Waals surface area contributed by atoms with E-state index < -0.39 is 23.3 Å². The lowest BCUT2D eigenvalue weighted by Crippen LogP contribution is -2.53. The number of hydrogen-bond acceptors (Lipinski definition) is 5. The number of ketones is 1. The molecule has 0 aromatic heterocycles. The monoisotopic (exact) mass is 372 g/mol. The summed E-state index contributed by atoms with van der Waals surface area (Å²) in [6.07, 6.45) is 1.43. The second-order valence-electron chi connectivity index (χ2n) is 8.15. The normalized spacial score (nSPS) is 26.1. The van der Waals surface area contributed by atoms with E-state index in [0.717, 1.165) is 17.5 Å². The summed E-state index contributed by atoms with van der Waals surface area (Å²) in [4.78, 5) is 40.7. The van der Waals surface area contributed by atoms with Crippen LogP contribution in [0.4, 0.5) is 0 Å². The zero-order valence-electron chi connectivity index (χ0n) is 16.5. The predicted octanol–water partition coefficient (Wildman–Crippen LogP) is 1.68. The van der Waals surface area contributed by atoms with E-state index in [-0.39, 0.29) is 17.6 Å². The number of benzene rings is 1. The first-order valence-corrected chi connectivity index (χ1v) is 9.49. The Kier molecular flexibility index (Phi) is 5.38. The van der Waals surface area contributed by atoms with Crippen LogP contribution in [0.5, 0.6) is 0 Å². The molecular formula is C21H28N2O4. The fraction of sp³-hybridized carbons (Fsp3) is 0.571. The average Bonchev–Trinajstić information content (AvgIpc) is 2.99. The number of ether oxygens (including phenoxy) is 1. The van der Waals surface area contributed by atoms with E-state index in [1.54, 1.807) is 0 Å².